The number of hydrogen-bond acceptors (Lipinski definition) is 7. The van der Waals surface area contributed by atoms with E-state index in [1.165, 1.54) is 6.07 Å². The number of aromatic nitrogens is 2. The summed E-state index contributed by atoms with van der Waals surface area (Å²) in [7, 11) is -3.20. The highest BCUT2D eigenvalue weighted by atomic mass is 35.5. The third kappa shape index (κ3) is 6.24. The van der Waals surface area contributed by atoms with Crippen LogP contribution in [0.5, 0.6) is 5.75 Å². The van der Waals surface area contributed by atoms with Crippen LogP contribution in [0.4, 0.5) is 40.6 Å². The summed E-state index contributed by atoms with van der Waals surface area (Å²) in [6.45, 7) is 0.735. The van der Waals surface area contributed by atoms with Crippen molar-refractivity contribution in [2.75, 3.05) is 17.7 Å². The SMILES string of the molecule is CNS(=O)(=O)c1cc(Nc2cc(Nc3ccc(Cl)cc3)ncn2)c(OC(C)C(F)(F)F)cc1F. The number of ether oxygens (including phenoxy) is 1. The van der Waals surface area contributed by atoms with Crippen molar-refractivity contribution < 1.29 is 30.7 Å². The van der Waals surface area contributed by atoms with Crippen LogP contribution in [0, 0.1) is 5.82 Å². The van der Waals surface area contributed by atoms with E-state index in [4.69, 9.17) is 16.3 Å². The summed E-state index contributed by atoms with van der Waals surface area (Å²) in [6.07, 6.45) is -5.88. The number of sulfonamides is 1. The lowest BCUT2D eigenvalue weighted by atomic mass is 10.2. The van der Waals surface area contributed by atoms with Crippen LogP contribution in [0.1, 0.15) is 6.92 Å². The van der Waals surface area contributed by atoms with Gasteiger partial charge in [-0.2, -0.15) is 13.2 Å². The van der Waals surface area contributed by atoms with Gasteiger partial charge in [-0.3, -0.25) is 0 Å². The molecule has 182 valence electrons. The van der Waals surface area contributed by atoms with E-state index in [0.29, 0.717) is 22.6 Å². The lowest BCUT2D eigenvalue weighted by molar-refractivity contribution is -0.189. The summed E-state index contributed by atoms with van der Waals surface area (Å²) in [5.74, 6) is -1.49. The highest BCUT2D eigenvalue weighted by molar-refractivity contribution is 7.89. The molecule has 1 aromatic heterocycles. The third-order valence-corrected chi connectivity index (χ3v) is 6.08. The summed E-state index contributed by atoms with van der Waals surface area (Å²) >= 11 is 5.86. The van der Waals surface area contributed by atoms with Gasteiger partial charge < -0.3 is 15.4 Å². The van der Waals surface area contributed by atoms with Crippen molar-refractivity contribution in [2.24, 2.45) is 0 Å². The van der Waals surface area contributed by atoms with E-state index < -0.39 is 38.8 Å². The number of nitrogens with zero attached hydrogens (tertiary/aromatic N) is 2. The van der Waals surface area contributed by atoms with Crippen LogP contribution in [0.25, 0.3) is 0 Å². The van der Waals surface area contributed by atoms with E-state index >= 15 is 0 Å². The minimum Gasteiger partial charge on any atom is -0.479 e. The lowest BCUT2D eigenvalue weighted by Crippen LogP contribution is -2.31. The largest absolute Gasteiger partial charge is 0.479 e. The fourth-order valence-corrected chi connectivity index (χ4v) is 3.55. The molecule has 0 aliphatic rings. The molecular weight excluding hydrogens is 502 g/mol. The molecule has 0 spiro atoms. The highest BCUT2D eigenvalue weighted by Gasteiger charge is 2.38. The molecule has 1 heterocycles. The fourth-order valence-electron chi connectivity index (χ4n) is 2.62. The Kier molecular flexibility index (Phi) is 7.48. The van der Waals surface area contributed by atoms with E-state index in [9.17, 15) is 26.0 Å². The topological polar surface area (TPSA) is 105 Å². The van der Waals surface area contributed by atoms with Crippen LogP contribution in [0.3, 0.4) is 0 Å². The molecular formula is C20H18ClF4N5O3S. The Balaban J connectivity index is 1.98. The van der Waals surface area contributed by atoms with E-state index in [1.807, 2.05) is 4.72 Å². The van der Waals surface area contributed by atoms with Crippen LogP contribution < -0.4 is 20.1 Å². The molecule has 2 aromatic carbocycles. The number of nitrogens with one attached hydrogen (secondary N) is 3. The van der Waals surface area contributed by atoms with Gasteiger partial charge in [0, 0.05) is 22.8 Å². The maximum atomic E-state index is 14.5. The van der Waals surface area contributed by atoms with Gasteiger partial charge >= 0.3 is 6.18 Å². The van der Waals surface area contributed by atoms with E-state index in [2.05, 4.69) is 20.6 Å². The zero-order chi connectivity index (χ0) is 25.1. The molecule has 3 aromatic rings. The number of alkyl halides is 3. The molecule has 0 bridgehead atoms. The molecule has 14 heteroatoms. The van der Waals surface area contributed by atoms with Gasteiger partial charge in [0.15, 0.2) is 6.10 Å². The quantitative estimate of drug-likeness (QED) is 0.360. The number of rotatable bonds is 8. The summed E-state index contributed by atoms with van der Waals surface area (Å²) < 4.78 is 84.7. The molecule has 3 N–H and O–H groups in total. The molecule has 0 amide bonds. The first-order chi connectivity index (χ1) is 15.9. The molecule has 0 saturated heterocycles. The van der Waals surface area contributed by atoms with E-state index in [0.717, 1.165) is 26.4 Å². The molecule has 0 radical (unpaired) electrons. The molecule has 0 saturated carbocycles. The molecule has 0 fully saturated rings. The number of halogens is 5. The van der Waals surface area contributed by atoms with Gasteiger partial charge in [-0.15, -0.1) is 0 Å². The maximum Gasteiger partial charge on any atom is 0.425 e. The van der Waals surface area contributed by atoms with Crippen molar-refractivity contribution in [1.29, 1.82) is 0 Å². The Morgan fingerprint density at radius 1 is 1.03 bits per heavy atom. The Hall–Kier alpha value is -3.16. The van der Waals surface area contributed by atoms with Gasteiger partial charge in [0.25, 0.3) is 0 Å². The minimum atomic E-state index is -4.74. The van der Waals surface area contributed by atoms with E-state index in [1.54, 1.807) is 24.3 Å². The first kappa shape index (κ1) is 25.5. The number of benzene rings is 2. The molecule has 0 aliphatic carbocycles. The molecule has 8 nitrogen and oxygen atoms in total. The molecule has 1 unspecified atom stereocenters. The first-order valence-corrected chi connectivity index (χ1v) is 11.4. The van der Waals surface area contributed by atoms with Crippen molar-refractivity contribution in [1.82, 2.24) is 14.7 Å². The fraction of sp³-hybridized carbons (Fsp3) is 0.200. The molecule has 34 heavy (non-hydrogen) atoms. The highest BCUT2D eigenvalue weighted by Crippen LogP contribution is 2.35. The van der Waals surface area contributed by atoms with Crippen LogP contribution in [-0.2, 0) is 10.0 Å². The van der Waals surface area contributed by atoms with Gasteiger partial charge in [-0.05, 0) is 44.3 Å². The monoisotopic (exact) mass is 519 g/mol. The molecule has 0 aliphatic heterocycles. The Morgan fingerprint density at radius 3 is 2.24 bits per heavy atom. The average Bonchev–Trinajstić information content (AvgIpc) is 2.76. The van der Waals surface area contributed by atoms with Crippen molar-refractivity contribution in [3.8, 4) is 5.75 Å². The van der Waals surface area contributed by atoms with Crippen molar-refractivity contribution in [3.63, 3.8) is 0 Å². The van der Waals surface area contributed by atoms with Gasteiger partial charge in [0.2, 0.25) is 10.0 Å². The maximum absolute atomic E-state index is 14.5. The predicted molar refractivity (Wildman–Crippen MR) is 119 cm³/mol. The van der Waals surface area contributed by atoms with Gasteiger partial charge in [-0.25, -0.2) is 27.5 Å². The Morgan fingerprint density at radius 2 is 1.65 bits per heavy atom. The third-order valence-electron chi connectivity index (χ3n) is 4.40. The van der Waals surface area contributed by atoms with Crippen LogP contribution in [0.2, 0.25) is 5.02 Å². The summed E-state index contributed by atoms with van der Waals surface area (Å²) in [5, 5.41) is 6.17. The number of hydrogen-bond donors (Lipinski definition) is 3. The van der Waals surface area contributed by atoms with Crippen molar-refractivity contribution in [2.45, 2.75) is 24.1 Å². The lowest BCUT2D eigenvalue weighted by Gasteiger charge is -2.21. The van der Waals surface area contributed by atoms with E-state index in [-0.39, 0.29) is 11.5 Å². The summed E-state index contributed by atoms with van der Waals surface area (Å²) in [4.78, 5) is 7.23. The predicted octanol–water partition coefficient (Wildman–Crippen LogP) is 4.99. The summed E-state index contributed by atoms with van der Waals surface area (Å²) in [6, 6.07) is 9.46. The average molecular weight is 520 g/mol. The second kappa shape index (κ2) is 9.99. The second-order valence-electron chi connectivity index (χ2n) is 6.83. The normalized spacial score (nSPS) is 12.8. The van der Waals surface area contributed by atoms with Crippen molar-refractivity contribution in [3.05, 3.63) is 59.6 Å². The second-order valence-corrected chi connectivity index (χ2v) is 9.12. The standard InChI is InChI=1S/C20H18ClF4N5O3S/c1-11(20(23,24)25)33-16-7-14(22)17(34(31,32)26-2)8-15(16)30-19-9-18(27-10-28-19)29-13-5-3-12(21)4-6-13/h3-11,26H,1-2H3,(H2,27,28,29,30). The minimum absolute atomic E-state index is 0.0652. The first-order valence-electron chi connectivity index (χ1n) is 9.51. The Bertz CT molecular complexity index is 1270. The zero-order valence-corrected chi connectivity index (χ0v) is 19.2. The van der Waals surface area contributed by atoms with Crippen LogP contribution in [-0.4, -0.2) is 37.7 Å². The van der Waals surface area contributed by atoms with Crippen molar-refractivity contribution >= 4 is 44.6 Å². The van der Waals surface area contributed by atoms with Crippen LogP contribution in [0.15, 0.2) is 53.7 Å². The summed E-state index contributed by atoms with van der Waals surface area (Å²) in [5.41, 5.74) is 0.378. The molecule has 3 rings (SSSR count). The molecule has 1 atom stereocenters. The van der Waals surface area contributed by atoms with Crippen LogP contribution >= 0.6 is 11.6 Å². The van der Waals surface area contributed by atoms with Gasteiger partial charge in [0.1, 0.15) is 34.4 Å². The van der Waals surface area contributed by atoms with Gasteiger partial charge in [0.05, 0.1) is 5.69 Å². The van der Waals surface area contributed by atoms with Gasteiger partial charge in [-0.1, -0.05) is 11.6 Å². The number of anilines is 4. The Labute approximate surface area is 197 Å². The zero-order valence-electron chi connectivity index (χ0n) is 17.6. The smallest absolute Gasteiger partial charge is 0.425 e.